The van der Waals surface area contributed by atoms with Crippen molar-refractivity contribution in [2.75, 3.05) is 6.54 Å². The number of hydrogen-bond donors (Lipinski definition) is 1. The lowest BCUT2D eigenvalue weighted by molar-refractivity contribution is -0.141. The van der Waals surface area contributed by atoms with Gasteiger partial charge in [0.15, 0.2) is 0 Å². The number of rotatable bonds is 4. The summed E-state index contributed by atoms with van der Waals surface area (Å²) in [6.07, 6.45) is 1.94. The Morgan fingerprint density at radius 2 is 1.87 bits per heavy atom. The highest BCUT2D eigenvalue weighted by molar-refractivity contribution is 5.81. The number of aromatic nitrogens is 1. The van der Waals surface area contributed by atoms with Gasteiger partial charge >= 0.3 is 5.97 Å². The molecule has 0 bridgehead atoms. The topological polar surface area (TPSA) is 62.5 Å². The molecule has 1 aromatic heterocycles. The smallest absolute Gasteiger partial charge is 0.303 e. The molecule has 1 N–H and O–H groups in total. The van der Waals surface area contributed by atoms with Gasteiger partial charge in [0.25, 0.3) is 0 Å². The summed E-state index contributed by atoms with van der Waals surface area (Å²) in [6.45, 7) is 3.37. The van der Waals surface area contributed by atoms with Gasteiger partial charge < -0.3 is 14.6 Å². The lowest BCUT2D eigenvalue weighted by Gasteiger charge is -2.37. The Kier molecular flexibility index (Phi) is 4.19. The number of carbonyl (C=O) groups is 2. The molecule has 0 spiro atoms. The second-order valence-corrected chi connectivity index (χ2v) is 5.92. The van der Waals surface area contributed by atoms with Gasteiger partial charge in [-0.25, -0.2) is 0 Å². The van der Waals surface area contributed by atoms with E-state index in [1.165, 1.54) is 5.56 Å². The molecule has 0 radical (unpaired) electrons. The first-order chi connectivity index (χ1) is 11.1. The van der Waals surface area contributed by atoms with Crippen molar-refractivity contribution in [2.24, 2.45) is 0 Å². The van der Waals surface area contributed by atoms with Crippen LogP contribution in [-0.2, 0) is 16.1 Å². The summed E-state index contributed by atoms with van der Waals surface area (Å²) in [5, 5.41) is 8.82. The van der Waals surface area contributed by atoms with Crippen LogP contribution < -0.4 is 0 Å². The minimum atomic E-state index is -0.939. The zero-order valence-electron chi connectivity index (χ0n) is 13.1. The fourth-order valence-corrected chi connectivity index (χ4v) is 3.11. The highest BCUT2D eigenvalue weighted by atomic mass is 16.4. The molecule has 0 saturated carbocycles. The molecular weight excluding hydrogens is 292 g/mol. The average Bonchev–Trinajstić information content (AvgIpc) is 3.01. The second-order valence-electron chi connectivity index (χ2n) is 5.92. The Labute approximate surface area is 135 Å². The molecule has 1 aliphatic rings. The van der Waals surface area contributed by atoms with Gasteiger partial charge in [0.05, 0.1) is 12.5 Å². The van der Waals surface area contributed by atoms with E-state index in [1.807, 2.05) is 54.4 Å². The molecule has 0 saturated heterocycles. The molecule has 3 rings (SSSR count). The van der Waals surface area contributed by atoms with E-state index in [4.69, 9.17) is 5.11 Å². The SMILES string of the molecule is Cc1ccc(C2c3cccn3CCN2C(=O)CCC(=O)O)cc1. The number of nitrogens with zero attached hydrogens (tertiary/aromatic N) is 2. The van der Waals surface area contributed by atoms with Crippen LogP contribution in [0.1, 0.15) is 35.7 Å². The van der Waals surface area contributed by atoms with Crippen LogP contribution in [0.15, 0.2) is 42.6 Å². The molecule has 1 unspecified atom stereocenters. The first kappa shape index (κ1) is 15.3. The molecule has 2 heterocycles. The zero-order valence-corrected chi connectivity index (χ0v) is 13.1. The molecule has 2 aromatic rings. The normalized spacial score (nSPS) is 16.9. The third-order valence-electron chi connectivity index (χ3n) is 4.30. The van der Waals surface area contributed by atoms with Gasteiger partial charge in [0.2, 0.25) is 5.91 Å². The van der Waals surface area contributed by atoms with Crippen LogP contribution >= 0.6 is 0 Å². The first-order valence-electron chi connectivity index (χ1n) is 7.79. The number of fused-ring (bicyclic) bond motifs is 1. The number of benzene rings is 1. The summed E-state index contributed by atoms with van der Waals surface area (Å²) in [6, 6.07) is 12.0. The molecule has 120 valence electrons. The summed E-state index contributed by atoms with van der Waals surface area (Å²) in [5.74, 6) is -1.05. The van der Waals surface area contributed by atoms with Gasteiger partial charge in [-0.1, -0.05) is 29.8 Å². The van der Waals surface area contributed by atoms with E-state index in [9.17, 15) is 9.59 Å². The minimum absolute atomic E-state index is 0.0401. The molecule has 1 atom stereocenters. The van der Waals surface area contributed by atoms with E-state index < -0.39 is 5.97 Å². The second kappa shape index (κ2) is 6.28. The van der Waals surface area contributed by atoms with Crippen molar-refractivity contribution < 1.29 is 14.7 Å². The maximum absolute atomic E-state index is 12.5. The van der Waals surface area contributed by atoms with Crippen LogP contribution in [0.3, 0.4) is 0 Å². The molecule has 1 aliphatic heterocycles. The lowest BCUT2D eigenvalue weighted by atomic mass is 9.98. The van der Waals surface area contributed by atoms with Crippen molar-refractivity contribution in [3.05, 3.63) is 59.4 Å². The van der Waals surface area contributed by atoms with E-state index in [0.717, 1.165) is 17.8 Å². The molecule has 0 fully saturated rings. The predicted molar refractivity (Wildman–Crippen MR) is 86.0 cm³/mol. The standard InChI is InChI=1S/C18H20N2O3/c1-13-4-6-14(7-5-13)18-15-3-2-10-19(15)11-12-20(18)16(21)8-9-17(22)23/h2-7,10,18H,8-9,11-12H2,1H3,(H,22,23). The molecule has 1 amide bonds. The minimum Gasteiger partial charge on any atom is -0.481 e. The Hall–Kier alpha value is -2.56. The van der Waals surface area contributed by atoms with Crippen molar-refractivity contribution in [2.45, 2.75) is 32.4 Å². The number of aliphatic carboxylic acids is 1. The fourth-order valence-electron chi connectivity index (χ4n) is 3.11. The number of carboxylic acid groups (broad SMARTS) is 1. The van der Waals surface area contributed by atoms with Crippen LogP contribution in [-0.4, -0.2) is 33.0 Å². The van der Waals surface area contributed by atoms with Crippen LogP contribution in [0, 0.1) is 6.92 Å². The molecular formula is C18H20N2O3. The van der Waals surface area contributed by atoms with Gasteiger partial charge in [-0.3, -0.25) is 9.59 Å². The zero-order chi connectivity index (χ0) is 16.4. The van der Waals surface area contributed by atoms with Crippen molar-refractivity contribution in [3.8, 4) is 0 Å². The van der Waals surface area contributed by atoms with Crippen LogP contribution in [0.25, 0.3) is 0 Å². The highest BCUT2D eigenvalue weighted by Gasteiger charge is 2.31. The van der Waals surface area contributed by atoms with Gasteiger partial charge in [-0.2, -0.15) is 0 Å². The van der Waals surface area contributed by atoms with E-state index in [0.29, 0.717) is 6.54 Å². The largest absolute Gasteiger partial charge is 0.481 e. The van der Waals surface area contributed by atoms with Crippen molar-refractivity contribution in [3.63, 3.8) is 0 Å². The summed E-state index contributed by atoms with van der Waals surface area (Å²) in [4.78, 5) is 25.1. The third-order valence-corrected chi connectivity index (χ3v) is 4.30. The van der Waals surface area contributed by atoms with E-state index >= 15 is 0 Å². The van der Waals surface area contributed by atoms with E-state index in [1.54, 1.807) is 0 Å². The van der Waals surface area contributed by atoms with Crippen LogP contribution in [0.5, 0.6) is 0 Å². The number of carbonyl (C=O) groups excluding carboxylic acids is 1. The summed E-state index contributed by atoms with van der Waals surface area (Å²) < 4.78 is 2.16. The van der Waals surface area contributed by atoms with Gasteiger partial charge in [0, 0.05) is 31.4 Å². The number of amides is 1. The monoisotopic (exact) mass is 312 g/mol. The Morgan fingerprint density at radius 1 is 1.13 bits per heavy atom. The van der Waals surface area contributed by atoms with Gasteiger partial charge in [-0.05, 0) is 24.6 Å². The van der Waals surface area contributed by atoms with Crippen molar-refractivity contribution in [1.82, 2.24) is 9.47 Å². The molecule has 1 aromatic carbocycles. The van der Waals surface area contributed by atoms with Gasteiger partial charge in [0.1, 0.15) is 0 Å². The third kappa shape index (κ3) is 3.13. The molecule has 5 heteroatoms. The van der Waals surface area contributed by atoms with Crippen molar-refractivity contribution in [1.29, 1.82) is 0 Å². The number of aryl methyl sites for hydroxylation is 1. The van der Waals surface area contributed by atoms with E-state index in [2.05, 4.69) is 4.57 Å². The molecule has 5 nitrogen and oxygen atoms in total. The Bertz CT molecular complexity index is 718. The van der Waals surface area contributed by atoms with Gasteiger partial charge in [-0.15, -0.1) is 0 Å². The number of carboxylic acids is 1. The highest BCUT2D eigenvalue weighted by Crippen LogP contribution is 2.33. The summed E-state index contributed by atoms with van der Waals surface area (Å²) in [5.41, 5.74) is 3.30. The van der Waals surface area contributed by atoms with Crippen LogP contribution in [0.2, 0.25) is 0 Å². The maximum Gasteiger partial charge on any atom is 0.303 e. The predicted octanol–water partition coefficient (Wildman–Crippen LogP) is 2.59. The molecule has 23 heavy (non-hydrogen) atoms. The van der Waals surface area contributed by atoms with Crippen LogP contribution in [0.4, 0.5) is 0 Å². The lowest BCUT2D eigenvalue weighted by Crippen LogP contribution is -2.42. The fraction of sp³-hybridized carbons (Fsp3) is 0.333. The summed E-state index contributed by atoms with van der Waals surface area (Å²) >= 11 is 0. The summed E-state index contributed by atoms with van der Waals surface area (Å²) in [7, 11) is 0. The quantitative estimate of drug-likeness (QED) is 0.944. The first-order valence-corrected chi connectivity index (χ1v) is 7.79. The van der Waals surface area contributed by atoms with Crippen molar-refractivity contribution >= 4 is 11.9 Å². The number of hydrogen-bond acceptors (Lipinski definition) is 2. The molecule has 0 aliphatic carbocycles. The maximum atomic E-state index is 12.5. The Morgan fingerprint density at radius 3 is 2.57 bits per heavy atom. The average molecular weight is 312 g/mol. The van der Waals surface area contributed by atoms with E-state index in [-0.39, 0.29) is 24.8 Å². The Balaban J connectivity index is 1.93.